The molecule has 1 amide bonds. The zero-order valence-corrected chi connectivity index (χ0v) is 15.0. The number of rotatable bonds is 3. The van der Waals surface area contributed by atoms with Gasteiger partial charge in [0.15, 0.2) is 0 Å². The zero-order chi connectivity index (χ0) is 17.8. The molecule has 26 heavy (non-hydrogen) atoms. The van der Waals surface area contributed by atoms with Crippen LogP contribution in [-0.4, -0.2) is 40.7 Å². The Balaban J connectivity index is 1.57. The van der Waals surface area contributed by atoms with Crippen LogP contribution in [0.3, 0.4) is 0 Å². The van der Waals surface area contributed by atoms with Gasteiger partial charge in [-0.2, -0.15) is 4.98 Å². The van der Waals surface area contributed by atoms with Crippen molar-refractivity contribution in [3.05, 3.63) is 36.2 Å². The van der Waals surface area contributed by atoms with E-state index in [9.17, 15) is 4.79 Å². The van der Waals surface area contributed by atoms with Crippen molar-refractivity contribution in [1.29, 1.82) is 0 Å². The first-order valence-electron chi connectivity index (χ1n) is 9.60. The van der Waals surface area contributed by atoms with Gasteiger partial charge in [-0.15, -0.1) is 0 Å². The fraction of sp³-hybridized carbons (Fsp3) is 0.550. The van der Waals surface area contributed by atoms with Crippen molar-refractivity contribution in [3.8, 4) is 11.4 Å². The molecular weight excluding hydrogens is 330 g/mol. The number of carbonyl (C=O) groups is 1. The van der Waals surface area contributed by atoms with Crippen LogP contribution in [0.15, 0.2) is 34.9 Å². The average molecular weight is 355 g/mol. The lowest BCUT2D eigenvalue weighted by atomic mass is 9.97. The molecule has 1 aromatic heterocycles. The molecule has 138 valence electrons. The van der Waals surface area contributed by atoms with Crippen molar-refractivity contribution in [2.24, 2.45) is 5.92 Å². The summed E-state index contributed by atoms with van der Waals surface area (Å²) in [6.07, 6.45) is 5.73. The third kappa shape index (κ3) is 3.65. The van der Waals surface area contributed by atoms with E-state index in [1.165, 1.54) is 0 Å². The summed E-state index contributed by atoms with van der Waals surface area (Å²) in [5.74, 6) is 1.43. The van der Waals surface area contributed by atoms with Gasteiger partial charge in [-0.3, -0.25) is 4.79 Å². The molecule has 0 aliphatic carbocycles. The monoisotopic (exact) mass is 355 g/mol. The fourth-order valence-corrected chi connectivity index (χ4v) is 3.88. The summed E-state index contributed by atoms with van der Waals surface area (Å²) < 4.78 is 11.0. The van der Waals surface area contributed by atoms with Crippen LogP contribution in [-0.2, 0) is 9.53 Å². The summed E-state index contributed by atoms with van der Waals surface area (Å²) >= 11 is 0. The Kier molecular flexibility index (Phi) is 5.29. The number of nitrogens with zero attached hydrogens (tertiary/aromatic N) is 3. The molecule has 2 aromatic rings. The maximum Gasteiger partial charge on any atom is 0.249 e. The molecule has 4 rings (SSSR count). The second-order valence-corrected chi connectivity index (χ2v) is 7.11. The molecule has 6 heteroatoms. The van der Waals surface area contributed by atoms with Crippen LogP contribution in [0.5, 0.6) is 0 Å². The van der Waals surface area contributed by atoms with Gasteiger partial charge in [0.1, 0.15) is 6.04 Å². The summed E-state index contributed by atoms with van der Waals surface area (Å²) in [7, 11) is 0. The highest BCUT2D eigenvalue weighted by atomic mass is 16.5. The van der Waals surface area contributed by atoms with E-state index in [4.69, 9.17) is 9.26 Å². The standard InChI is InChI=1S/C20H25N3O3/c24-20(16-10-13-25-14-11-16)23-12-6-2-5-9-17(23)19-21-18(22-26-19)15-7-3-1-4-8-15/h1,3-4,7-8,16-17H,2,5-6,9-14H2. The number of benzene rings is 1. The smallest absolute Gasteiger partial charge is 0.249 e. The van der Waals surface area contributed by atoms with E-state index < -0.39 is 0 Å². The highest BCUT2D eigenvalue weighted by molar-refractivity contribution is 5.79. The van der Waals surface area contributed by atoms with E-state index in [2.05, 4.69) is 10.1 Å². The number of ether oxygens (including phenoxy) is 1. The minimum absolute atomic E-state index is 0.0564. The lowest BCUT2D eigenvalue weighted by Crippen LogP contribution is -2.41. The van der Waals surface area contributed by atoms with Crippen LogP contribution in [0.4, 0.5) is 0 Å². The highest BCUT2D eigenvalue weighted by Gasteiger charge is 2.35. The van der Waals surface area contributed by atoms with Gasteiger partial charge in [0.2, 0.25) is 17.6 Å². The van der Waals surface area contributed by atoms with Crippen LogP contribution in [0.1, 0.15) is 50.5 Å². The first kappa shape index (κ1) is 17.2. The van der Waals surface area contributed by atoms with Gasteiger partial charge in [0.05, 0.1) is 0 Å². The molecule has 1 aromatic carbocycles. The molecule has 2 saturated heterocycles. The van der Waals surface area contributed by atoms with E-state index in [0.717, 1.165) is 50.6 Å². The molecule has 0 spiro atoms. The Morgan fingerprint density at radius 1 is 1.04 bits per heavy atom. The number of aromatic nitrogens is 2. The van der Waals surface area contributed by atoms with Crippen LogP contribution < -0.4 is 0 Å². The van der Waals surface area contributed by atoms with Crippen LogP contribution in [0.25, 0.3) is 11.4 Å². The quantitative estimate of drug-likeness (QED) is 0.841. The van der Waals surface area contributed by atoms with Crippen molar-refractivity contribution in [2.45, 2.75) is 44.6 Å². The Labute approximate surface area is 153 Å². The average Bonchev–Trinajstić information content (AvgIpc) is 3.07. The molecule has 1 atom stereocenters. The predicted octanol–water partition coefficient (Wildman–Crippen LogP) is 3.61. The van der Waals surface area contributed by atoms with Crippen LogP contribution in [0.2, 0.25) is 0 Å². The lowest BCUT2D eigenvalue weighted by molar-refractivity contribution is -0.141. The zero-order valence-electron chi connectivity index (χ0n) is 15.0. The van der Waals surface area contributed by atoms with E-state index in [1.807, 2.05) is 35.2 Å². The third-order valence-corrected chi connectivity index (χ3v) is 5.37. The SMILES string of the molecule is O=C(C1CCOCC1)N1CCCCCC1c1nc(-c2ccccc2)no1. The second kappa shape index (κ2) is 7.99. The van der Waals surface area contributed by atoms with Crippen LogP contribution in [0, 0.1) is 5.92 Å². The molecule has 0 radical (unpaired) electrons. The molecule has 2 aliphatic rings. The van der Waals surface area contributed by atoms with E-state index in [-0.39, 0.29) is 17.9 Å². The summed E-state index contributed by atoms with van der Waals surface area (Å²) in [4.78, 5) is 19.8. The van der Waals surface area contributed by atoms with E-state index in [1.54, 1.807) is 0 Å². The second-order valence-electron chi connectivity index (χ2n) is 7.11. The van der Waals surface area contributed by atoms with Gasteiger partial charge in [0, 0.05) is 31.2 Å². The Hall–Kier alpha value is -2.21. The third-order valence-electron chi connectivity index (χ3n) is 5.37. The van der Waals surface area contributed by atoms with Gasteiger partial charge in [-0.1, -0.05) is 48.3 Å². The predicted molar refractivity (Wildman–Crippen MR) is 96.2 cm³/mol. The highest BCUT2D eigenvalue weighted by Crippen LogP contribution is 2.33. The van der Waals surface area contributed by atoms with Crippen molar-refractivity contribution in [1.82, 2.24) is 15.0 Å². The number of amides is 1. The van der Waals surface area contributed by atoms with E-state index in [0.29, 0.717) is 24.9 Å². The van der Waals surface area contributed by atoms with Crippen molar-refractivity contribution in [2.75, 3.05) is 19.8 Å². The van der Waals surface area contributed by atoms with Gasteiger partial charge in [-0.05, 0) is 25.7 Å². The Bertz CT molecular complexity index is 725. The van der Waals surface area contributed by atoms with Crippen LogP contribution >= 0.6 is 0 Å². The summed E-state index contributed by atoms with van der Waals surface area (Å²) in [5, 5.41) is 4.15. The number of likely N-dealkylation sites (tertiary alicyclic amines) is 1. The fourth-order valence-electron chi connectivity index (χ4n) is 3.88. The number of hydrogen-bond acceptors (Lipinski definition) is 5. The molecule has 2 fully saturated rings. The first-order chi connectivity index (χ1) is 12.8. The normalized spacial score (nSPS) is 22.2. The molecule has 6 nitrogen and oxygen atoms in total. The molecular formula is C20H25N3O3. The van der Waals surface area contributed by atoms with Crippen molar-refractivity contribution < 1.29 is 14.1 Å². The summed E-state index contributed by atoms with van der Waals surface area (Å²) in [6, 6.07) is 9.69. The summed E-state index contributed by atoms with van der Waals surface area (Å²) in [6.45, 7) is 2.12. The topological polar surface area (TPSA) is 68.5 Å². The maximum absolute atomic E-state index is 13.1. The Morgan fingerprint density at radius 3 is 2.65 bits per heavy atom. The van der Waals surface area contributed by atoms with E-state index >= 15 is 0 Å². The molecule has 1 unspecified atom stereocenters. The van der Waals surface area contributed by atoms with Crippen molar-refractivity contribution in [3.63, 3.8) is 0 Å². The Morgan fingerprint density at radius 2 is 1.85 bits per heavy atom. The molecule has 0 bridgehead atoms. The maximum atomic E-state index is 13.1. The van der Waals surface area contributed by atoms with Gasteiger partial charge < -0.3 is 14.2 Å². The molecule has 0 saturated carbocycles. The van der Waals surface area contributed by atoms with Gasteiger partial charge in [0.25, 0.3) is 0 Å². The minimum Gasteiger partial charge on any atom is -0.381 e. The largest absolute Gasteiger partial charge is 0.381 e. The molecule has 2 aliphatic heterocycles. The van der Waals surface area contributed by atoms with Crippen molar-refractivity contribution >= 4 is 5.91 Å². The van der Waals surface area contributed by atoms with Gasteiger partial charge >= 0.3 is 0 Å². The molecule has 3 heterocycles. The number of carbonyl (C=O) groups excluding carboxylic acids is 1. The number of hydrogen-bond donors (Lipinski definition) is 0. The summed E-state index contributed by atoms with van der Waals surface area (Å²) in [5.41, 5.74) is 0.929. The minimum atomic E-state index is -0.113. The lowest BCUT2D eigenvalue weighted by Gasteiger charge is -2.32. The first-order valence-corrected chi connectivity index (χ1v) is 9.60. The molecule has 0 N–H and O–H groups in total. The van der Waals surface area contributed by atoms with Gasteiger partial charge in [-0.25, -0.2) is 0 Å².